The van der Waals surface area contributed by atoms with Crippen LogP contribution in [0.1, 0.15) is 30.9 Å². The fourth-order valence-electron chi connectivity index (χ4n) is 4.80. The van der Waals surface area contributed by atoms with Gasteiger partial charge in [-0.2, -0.15) is 5.10 Å². The molecule has 6 nitrogen and oxygen atoms in total. The van der Waals surface area contributed by atoms with Crippen LogP contribution >= 0.6 is 0 Å². The molecule has 0 radical (unpaired) electrons. The monoisotopic (exact) mass is 439 g/mol. The van der Waals surface area contributed by atoms with Crippen molar-refractivity contribution in [1.82, 2.24) is 20.4 Å². The van der Waals surface area contributed by atoms with E-state index in [1.165, 1.54) is 12.8 Å². The Labute approximate surface area is 194 Å². The first-order valence-electron chi connectivity index (χ1n) is 11.6. The summed E-state index contributed by atoms with van der Waals surface area (Å²) in [4.78, 5) is 15.5. The zero-order valence-electron chi connectivity index (χ0n) is 18.8. The smallest absolute Gasteiger partial charge is 0.319 e. The molecule has 4 aromatic rings. The number of rotatable bonds is 5. The summed E-state index contributed by atoms with van der Waals surface area (Å²) in [5.74, 6) is 0. The summed E-state index contributed by atoms with van der Waals surface area (Å²) in [5.41, 5.74) is 4.71. The van der Waals surface area contributed by atoms with Crippen molar-refractivity contribution >= 4 is 22.6 Å². The number of amides is 2. The van der Waals surface area contributed by atoms with Crippen LogP contribution in [0.25, 0.3) is 22.2 Å². The van der Waals surface area contributed by atoms with Crippen LogP contribution in [0.4, 0.5) is 10.5 Å². The number of likely N-dealkylation sites (tertiary alicyclic amines) is 1. The number of benzene rings is 3. The Bertz CT molecular complexity index is 1220. The lowest BCUT2D eigenvalue weighted by atomic mass is 9.91. The van der Waals surface area contributed by atoms with Crippen LogP contribution in [0.3, 0.4) is 0 Å². The van der Waals surface area contributed by atoms with Gasteiger partial charge in [-0.3, -0.25) is 5.10 Å². The quantitative estimate of drug-likeness (QED) is 0.380. The van der Waals surface area contributed by atoms with Gasteiger partial charge in [0.15, 0.2) is 0 Å². The minimum absolute atomic E-state index is 0.0750. The normalized spacial score (nSPS) is 17.5. The SMILES string of the molecule is CN1CCCCC1C(NC(=O)Nc1ccc2[nH]nc(-c3ccccc3)c2c1)c1ccccc1. The summed E-state index contributed by atoms with van der Waals surface area (Å²) in [6, 6.07) is 26.1. The van der Waals surface area contributed by atoms with E-state index in [1.807, 2.05) is 66.7 Å². The molecule has 2 unspecified atom stereocenters. The van der Waals surface area contributed by atoms with E-state index in [4.69, 9.17) is 0 Å². The highest BCUT2D eigenvalue weighted by Crippen LogP contribution is 2.30. The Kier molecular flexibility index (Phi) is 6.09. The number of piperidine rings is 1. The molecule has 1 aliphatic heterocycles. The minimum Gasteiger partial charge on any atom is -0.329 e. The third kappa shape index (κ3) is 4.61. The lowest BCUT2D eigenvalue weighted by Gasteiger charge is -2.38. The van der Waals surface area contributed by atoms with Gasteiger partial charge >= 0.3 is 6.03 Å². The first-order valence-corrected chi connectivity index (χ1v) is 11.6. The average Bonchev–Trinajstić information content (AvgIpc) is 3.27. The predicted octanol–water partition coefficient (Wildman–Crippen LogP) is 5.58. The summed E-state index contributed by atoms with van der Waals surface area (Å²) < 4.78 is 0. The van der Waals surface area contributed by atoms with Crippen molar-refractivity contribution in [3.05, 3.63) is 84.4 Å². The molecule has 168 valence electrons. The van der Waals surface area contributed by atoms with E-state index in [2.05, 4.69) is 44.9 Å². The first-order chi connectivity index (χ1) is 16.2. The van der Waals surface area contributed by atoms with E-state index in [-0.39, 0.29) is 18.1 Å². The number of hydrogen-bond acceptors (Lipinski definition) is 3. The van der Waals surface area contributed by atoms with Crippen LogP contribution in [0.5, 0.6) is 0 Å². The number of fused-ring (bicyclic) bond motifs is 1. The van der Waals surface area contributed by atoms with Gasteiger partial charge in [0.25, 0.3) is 0 Å². The molecule has 1 saturated heterocycles. The molecule has 0 spiro atoms. The van der Waals surface area contributed by atoms with Crippen molar-refractivity contribution in [3.63, 3.8) is 0 Å². The number of hydrogen-bond donors (Lipinski definition) is 3. The summed E-state index contributed by atoms with van der Waals surface area (Å²) in [7, 11) is 2.15. The summed E-state index contributed by atoms with van der Waals surface area (Å²) in [6.45, 7) is 1.05. The van der Waals surface area contributed by atoms with Crippen molar-refractivity contribution in [2.45, 2.75) is 31.3 Å². The maximum absolute atomic E-state index is 13.1. The lowest BCUT2D eigenvalue weighted by Crippen LogP contribution is -2.47. The highest BCUT2D eigenvalue weighted by Gasteiger charge is 2.30. The molecule has 1 fully saturated rings. The number of nitrogens with zero attached hydrogens (tertiary/aromatic N) is 2. The summed E-state index contributed by atoms with van der Waals surface area (Å²) in [5, 5.41) is 14.8. The second-order valence-corrected chi connectivity index (χ2v) is 8.73. The van der Waals surface area contributed by atoms with E-state index in [0.29, 0.717) is 0 Å². The molecule has 2 heterocycles. The number of nitrogens with one attached hydrogen (secondary N) is 3. The van der Waals surface area contributed by atoms with Crippen molar-refractivity contribution < 1.29 is 4.79 Å². The number of H-pyrrole nitrogens is 1. The Morgan fingerprint density at radius 1 is 1.03 bits per heavy atom. The Balaban J connectivity index is 1.38. The fourth-order valence-corrected chi connectivity index (χ4v) is 4.80. The molecule has 6 heteroatoms. The number of aromatic nitrogens is 2. The van der Waals surface area contributed by atoms with Gasteiger partial charge < -0.3 is 15.5 Å². The minimum atomic E-state index is -0.202. The first kappa shape index (κ1) is 21.2. The molecule has 1 aromatic heterocycles. The van der Waals surface area contributed by atoms with E-state index in [9.17, 15) is 4.79 Å². The third-order valence-corrected chi connectivity index (χ3v) is 6.52. The molecule has 2 amide bonds. The third-order valence-electron chi connectivity index (χ3n) is 6.52. The number of urea groups is 1. The fraction of sp³-hybridized carbons (Fsp3) is 0.259. The lowest BCUT2D eigenvalue weighted by molar-refractivity contribution is 0.147. The van der Waals surface area contributed by atoms with Gasteiger partial charge in [-0.1, -0.05) is 67.1 Å². The topological polar surface area (TPSA) is 73.1 Å². The molecule has 0 bridgehead atoms. The number of carbonyl (C=O) groups excluding carboxylic acids is 1. The van der Waals surface area contributed by atoms with Gasteiger partial charge in [0, 0.05) is 22.7 Å². The molecular formula is C27H29N5O. The Morgan fingerprint density at radius 2 is 1.79 bits per heavy atom. The summed E-state index contributed by atoms with van der Waals surface area (Å²) in [6.07, 6.45) is 3.45. The summed E-state index contributed by atoms with van der Waals surface area (Å²) >= 11 is 0. The second-order valence-electron chi connectivity index (χ2n) is 8.73. The molecule has 5 rings (SSSR count). The molecule has 0 aliphatic carbocycles. The van der Waals surface area contributed by atoms with Gasteiger partial charge in [0.1, 0.15) is 0 Å². The predicted molar refractivity (Wildman–Crippen MR) is 133 cm³/mol. The Morgan fingerprint density at radius 3 is 2.55 bits per heavy atom. The van der Waals surface area contributed by atoms with Crippen molar-refractivity contribution in [1.29, 1.82) is 0 Å². The molecule has 3 aromatic carbocycles. The molecule has 1 aliphatic rings. The van der Waals surface area contributed by atoms with E-state index >= 15 is 0 Å². The zero-order valence-corrected chi connectivity index (χ0v) is 18.8. The molecular weight excluding hydrogens is 410 g/mol. The van der Waals surface area contributed by atoms with Gasteiger partial charge in [-0.15, -0.1) is 0 Å². The van der Waals surface area contributed by atoms with Crippen LogP contribution in [0.2, 0.25) is 0 Å². The number of likely N-dealkylation sites (N-methyl/N-ethyl adjacent to an activating group) is 1. The Hall–Kier alpha value is -3.64. The van der Waals surface area contributed by atoms with E-state index in [1.54, 1.807) is 0 Å². The van der Waals surface area contributed by atoms with Crippen LogP contribution in [-0.2, 0) is 0 Å². The van der Waals surface area contributed by atoms with Gasteiger partial charge in [-0.05, 0) is 50.2 Å². The van der Waals surface area contributed by atoms with Crippen molar-refractivity contribution in [3.8, 4) is 11.3 Å². The van der Waals surface area contributed by atoms with E-state index < -0.39 is 0 Å². The molecule has 3 N–H and O–H groups in total. The maximum atomic E-state index is 13.1. The highest BCUT2D eigenvalue weighted by molar-refractivity contribution is 5.98. The van der Waals surface area contributed by atoms with Gasteiger partial charge in [0.2, 0.25) is 0 Å². The van der Waals surface area contributed by atoms with Crippen LogP contribution < -0.4 is 10.6 Å². The maximum Gasteiger partial charge on any atom is 0.319 e. The van der Waals surface area contributed by atoms with Gasteiger partial charge in [0.05, 0.1) is 17.3 Å². The second kappa shape index (κ2) is 9.46. The van der Waals surface area contributed by atoms with Crippen LogP contribution in [0, 0.1) is 0 Å². The number of aromatic amines is 1. The van der Waals surface area contributed by atoms with E-state index in [0.717, 1.165) is 46.4 Å². The zero-order chi connectivity index (χ0) is 22.6. The number of anilines is 1. The molecule has 33 heavy (non-hydrogen) atoms. The molecule has 2 atom stereocenters. The highest BCUT2D eigenvalue weighted by atomic mass is 16.2. The van der Waals surface area contributed by atoms with Crippen LogP contribution in [0.15, 0.2) is 78.9 Å². The standard InChI is InChI=1S/C27H29N5O/c1-32-17-9-8-14-24(32)26(20-12-6-3-7-13-20)29-27(33)28-21-15-16-23-22(18-21)25(31-30-23)19-10-4-2-5-11-19/h2-7,10-13,15-16,18,24,26H,8-9,14,17H2,1H3,(H,30,31)(H2,28,29,33). The largest absolute Gasteiger partial charge is 0.329 e. The number of carbonyl (C=O) groups is 1. The van der Waals surface area contributed by atoms with Crippen LogP contribution in [-0.4, -0.2) is 40.8 Å². The van der Waals surface area contributed by atoms with Gasteiger partial charge in [-0.25, -0.2) is 4.79 Å². The average molecular weight is 440 g/mol. The van der Waals surface area contributed by atoms with Crippen molar-refractivity contribution in [2.24, 2.45) is 0 Å². The van der Waals surface area contributed by atoms with Crippen molar-refractivity contribution in [2.75, 3.05) is 18.9 Å². The molecule has 0 saturated carbocycles.